The van der Waals surface area contributed by atoms with Gasteiger partial charge in [-0.2, -0.15) is 0 Å². The van der Waals surface area contributed by atoms with Crippen LogP contribution in [0.4, 0.5) is 17.1 Å². The zero-order valence-electron chi connectivity index (χ0n) is 41.3. The van der Waals surface area contributed by atoms with E-state index in [1.165, 1.54) is 0 Å². The Balaban J connectivity index is 0.000000134. The number of carbonyl (C=O) groups excluding carboxylic acids is 3. The van der Waals surface area contributed by atoms with Gasteiger partial charge in [0.15, 0.2) is 0 Å². The minimum absolute atomic E-state index is 0.00807. The number of alkyl halides is 1. The molecule has 2 amide bonds. The normalized spacial score (nSPS) is 12.2. The summed E-state index contributed by atoms with van der Waals surface area (Å²) >= 11 is 3.33. The van der Waals surface area contributed by atoms with Crippen LogP contribution >= 0.6 is 15.9 Å². The highest BCUT2D eigenvalue weighted by molar-refractivity contribution is 9.08. The molecule has 370 valence electrons. The molecule has 2 aliphatic rings. The van der Waals surface area contributed by atoms with E-state index in [0.29, 0.717) is 59.0 Å². The van der Waals surface area contributed by atoms with Crippen molar-refractivity contribution < 1.29 is 33.3 Å². The van der Waals surface area contributed by atoms with Crippen molar-refractivity contribution in [3.8, 4) is 17.2 Å². The van der Waals surface area contributed by atoms with Gasteiger partial charge in [-0.3, -0.25) is 9.59 Å². The molecule has 6 aromatic carbocycles. The van der Waals surface area contributed by atoms with Crippen LogP contribution in [0.2, 0.25) is 0 Å². The van der Waals surface area contributed by atoms with E-state index in [-0.39, 0.29) is 17.8 Å². The number of halogens is 1. The fourth-order valence-corrected chi connectivity index (χ4v) is 8.62. The summed E-state index contributed by atoms with van der Waals surface area (Å²) in [5.41, 5.74) is 15.6. The summed E-state index contributed by atoms with van der Waals surface area (Å²) in [6, 6.07) is 33.8. The Labute approximate surface area is 430 Å². The predicted octanol–water partition coefficient (Wildman–Crippen LogP) is 10.5. The average molecular weight is 1040 g/mol. The Morgan fingerprint density at radius 3 is 1.44 bits per heavy atom. The van der Waals surface area contributed by atoms with Crippen molar-refractivity contribution in [1.29, 1.82) is 0 Å². The molecule has 16 nitrogen and oxygen atoms in total. The Hall–Kier alpha value is -8.57. The molecular formula is C56H52BrN9O7. The number of nitrogens with two attached hydrogens (primary N) is 1. The molecule has 0 radical (unpaired) electrons. The smallest absolute Gasteiger partial charge is 0.338 e. The topological polar surface area (TPSA) is 198 Å². The summed E-state index contributed by atoms with van der Waals surface area (Å²) in [6.07, 6.45) is 5.36. The molecule has 0 unspecified atom stereocenters. The molecule has 2 aliphatic heterocycles. The number of carbonyl (C=O) groups is 3. The van der Waals surface area contributed by atoms with E-state index in [1.54, 1.807) is 74.8 Å². The van der Waals surface area contributed by atoms with E-state index < -0.39 is 0 Å². The molecule has 2 N–H and O–H groups in total. The number of nitrogen functional groups attached to an aromatic ring is 1. The number of hydrogen-bond donors (Lipinski definition) is 1. The summed E-state index contributed by atoms with van der Waals surface area (Å²) < 4.78 is 20.4. The standard InChI is InChI=1S/2C18H15N3O2.C11H13BrO3.C9H9N3/c2*1-11-19-9-13-7-14(4-6-17(13)20-11)21-10-12-3-5-15(23-2)8-16(12)18(21)22;1-3-15-11(13)10-6-9(14-2)5-4-8(10)7-12;1-6-11-5-7-4-8(10)2-3-9(7)12-6/h2*3-9H,10H2,1-2H3;4-6H,3,7H2,1-2H3;2-5H,10H2,1H3. The third kappa shape index (κ3) is 11.6. The maximum absolute atomic E-state index is 12.7. The van der Waals surface area contributed by atoms with Crippen molar-refractivity contribution in [2.45, 2.75) is 46.1 Å². The Kier molecular flexibility index (Phi) is 15.8. The lowest BCUT2D eigenvalue weighted by Crippen LogP contribution is -2.22. The number of fused-ring (bicyclic) bond motifs is 5. The van der Waals surface area contributed by atoms with Gasteiger partial charge in [0.2, 0.25) is 0 Å². The first-order chi connectivity index (χ1) is 35.3. The van der Waals surface area contributed by atoms with Crippen LogP contribution in [0.25, 0.3) is 32.7 Å². The molecule has 0 fully saturated rings. The summed E-state index contributed by atoms with van der Waals surface area (Å²) in [7, 11) is 4.77. The minimum Gasteiger partial charge on any atom is -0.497 e. The molecule has 0 spiro atoms. The van der Waals surface area contributed by atoms with E-state index >= 15 is 0 Å². The largest absolute Gasteiger partial charge is 0.497 e. The van der Waals surface area contributed by atoms with Gasteiger partial charge >= 0.3 is 5.97 Å². The highest BCUT2D eigenvalue weighted by atomic mass is 79.9. The lowest BCUT2D eigenvalue weighted by Gasteiger charge is -2.16. The van der Waals surface area contributed by atoms with Gasteiger partial charge in [0, 0.05) is 68.3 Å². The zero-order valence-corrected chi connectivity index (χ0v) is 42.9. The van der Waals surface area contributed by atoms with Gasteiger partial charge in [0.05, 0.1) is 63.1 Å². The number of benzene rings is 6. The van der Waals surface area contributed by atoms with Gasteiger partial charge in [-0.05, 0) is 135 Å². The van der Waals surface area contributed by atoms with Crippen molar-refractivity contribution in [2.75, 3.05) is 43.5 Å². The molecule has 0 saturated carbocycles. The highest BCUT2D eigenvalue weighted by Gasteiger charge is 2.30. The molecule has 0 aliphatic carbocycles. The summed E-state index contributed by atoms with van der Waals surface area (Å²) in [5, 5.41) is 3.45. The average Bonchev–Trinajstić information content (AvgIpc) is 3.93. The number of anilines is 3. The lowest BCUT2D eigenvalue weighted by atomic mass is 10.1. The SMILES string of the molecule is CCOC(=O)c1cc(OC)ccc1CBr.COc1ccc2c(c1)C(=O)N(c1ccc3nc(C)ncc3c1)C2.COc1ccc2c(c1)C(=O)N(c1ccc3nc(C)ncc3c1)C2.Cc1ncc2cc(N)ccc2n1. The first kappa shape index (κ1) is 50.8. The van der Waals surface area contributed by atoms with Crippen molar-refractivity contribution in [3.05, 3.63) is 179 Å². The molecule has 0 atom stereocenters. The number of aryl methyl sites for hydroxylation is 3. The second-order valence-corrected chi connectivity index (χ2v) is 17.3. The van der Waals surface area contributed by atoms with Gasteiger partial charge in [-0.15, -0.1) is 0 Å². The van der Waals surface area contributed by atoms with Gasteiger partial charge in [0.1, 0.15) is 34.7 Å². The Morgan fingerprint density at radius 1 is 0.575 bits per heavy atom. The van der Waals surface area contributed by atoms with Crippen molar-refractivity contribution in [3.63, 3.8) is 0 Å². The first-order valence-corrected chi connectivity index (χ1v) is 24.2. The van der Waals surface area contributed by atoms with Crippen LogP contribution in [0.5, 0.6) is 17.2 Å². The van der Waals surface area contributed by atoms with Crippen molar-refractivity contribution in [2.24, 2.45) is 0 Å². The van der Waals surface area contributed by atoms with E-state index in [2.05, 4.69) is 45.8 Å². The third-order valence-corrected chi connectivity index (χ3v) is 12.5. The van der Waals surface area contributed by atoms with Crippen LogP contribution in [0.15, 0.2) is 128 Å². The fraction of sp³-hybridized carbons (Fsp3) is 0.196. The molecule has 0 saturated heterocycles. The molecular weight excluding hydrogens is 991 g/mol. The van der Waals surface area contributed by atoms with Gasteiger partial charge in [-0.25, -0.2) is 34.7 Å². The van der Waals surface area contributed by atoms with Gasteiger partial charge in [-0.1, -0.05) is 34.1 Å². The highest BCUT2D eigenvalue weighted by Crippen LogP contribution is 2.34. The van der Waals surface area contributed by atoms with E-state index in [4.69, 9.17) is 24.7 Å². The Morgan fingerprint density at radius 2 is 1.00 bits per heavy atom. The molecule has 11 rings (SSSR count). The van der Waals surface area contributed by atoms with Gasteiger partial charge < -0.3 is 34.5 Å². The van der Waals surface area contributed by atoms with Crippen LogP contribution in [0.3, 0.4) is 0 Å². The molecule has 17 heteroatoms. The predicted molar refractivity (Wildman–Crippen MR) is 286 cm³/mol. The maximum Gasteiger partial charge on any atom is 0.338 e. The minimum atomic E-state index is -0.314. The van der Waals surface area contributed by atoms with Crippen molar-refractivity contribution in [1.82, 2.24) is 29.9 Å². The first-order valence-electron chi connectivity index (χ1n) is 23.1. The quantitative estimate of drug-likeness (QED) is 0.0856. The van der Waals surface area contributed by atoms with E-state index in [0.717, 1.165) is 83.9 Å². The summed E-state index contributed by atoms with van der Waals surface area (Å²) in [5.74, 6) is 3.98. The lowest BCUT2D eigenvalue weighted by molar-refractivity contribution is 0.0524. The third-order valence-electron chi connectivity index (χ3n) is 11.9. The molecule has 9 aromatic rings. The number of nitrogens with zero attached hydrogens (tertiary/aromatic N) is 8. The van der Waals surface area contributed by atoms with E-state index in [1.807, 2.05) is 112 Å². The van der Waals surface area contributed by atoms with Crippen LogP contribution in [-0.4, -0.2) is 75.6 Å². The Bertz CT molecular complexity index is 3340. The monoisotopic (exact) mass is 1040 g/mol. The molecule has 0 bridgehead atoms. The van der Waals surface area contributed by atoms with Crippen molar-refractivity contribution >= 4 is 83.5 Å². The number of esters is 1. The van der Waals surface area contributed by atoms with E-state index in [9.17, 15) is 14.4 Å². The number of amides is 2. The fourth-order valence-electron chi connectivity index (χ4n) is 8.14. The molecule has 3 aromatic heterocycles. The summed E-state index contributed by atoms with van der Waals surface area (Å²) in [6.45, 7) is 8.88. The second kappa shape index (κ2) is 22.7. The van der Waals surface area contributed by atoms with Gasteiger partial charge in [0.25, 0.3) is 11.8 Å². The van der Waals surface area contributed by atoms with Crippen LogP contribution in [-0.2, 0) is 23.2 Å². The van der Waals surface area contributed by atoms with Crippen LogP contribution in [0, 0.1) is 20.8 Å². The summed E-state index contributed by atoms with van der Waals surface area (Å²) in [4.78, 5) is 66.1. The number of rotatable bonds is 8. The number of aromatic nitrogens is 6. The number of methoxy groups -OCH3 is 3. The molecule has 5 heterocycles. The molecule has 73 heavy (non-hydrogen) atoms. The number of ether oxygens (including phenoxy) is 4. The van der Waals surface area contributed by atoms with Crippen LogP contribution in [0.1, 0.15) is 72.2 Å². The second-order valence-electron chi connectivity index (χ2n) is 16.8. The maximum atomic E-state index is 12.7. The zero-order chi connectivity index (χ0) is 51.8. The number of hydrogen-bond acceptors (Lipinski definition) is 14. The van der Waals surface area contributed by atoms with Crippen LogP contribution < -0.4 is 29.7 Å².